The van der Waals surface area contributed by atoms with Crippen LogP contribution in [0.2, 0.25) is 15.1 Å². The summed E-state index contributed by atoms with van der Waals surface area (Å²) < 4.78 is 5.71. The summed E-state index contributed by atoms with van der Waals surface area (Å²) in [4.78, 5) is 18.4. The van der Waals surface area contributed by atoms with Crippen molar-refractivity contribution >= 4 is 52.6 Å². The van der Waals surface area contributed by atoms with E-state index < -0.39 is 0 Å². The van der Waals surface area contributed by atoms with Crippen LogP contribution in [0.4, 0.5) is 11.4 Å². The highest BCUT2D eigenvalue weighted by Gasteiger charge is 2.22. The first-order valence-corrected chi connectivity index (χ1v) is 14.3. The summed E-state index contributed by atoms with van der Waals surface area (Å²) in [5.74, 6) is 1.57. The zero-order valence-electron chi connectivity index (χ0n) is 22.0. The number of carbonyl (C=O) groups excluding carboxylic acids is 1. The molecule has 2 aromatic rings. The van der Waals surface area contributed by atoms with E-state index in [9.17, 15) is 4.79 Å². The maximum absolute atomic E-state index is 12.1. The van der Waals surface area contributed by atoms with Crippen molar-refractivity contribution in [1.29, 1.82) is 0 Å². The van der Waals surface area contributed by atoms with Crippen molar-refractivity contribution in [1.82, 2.24) is 15.1 Å². The molecular weight excluding hydrogens is 545 g/mol. The average Bonchev–Trinajstić information content (AvgIpc) is 2.91. The first-order chi connectivity index (χ1) is 18.4. The Hall–Kier alpha value is -2.32. The normalized spacial score (nSPS) is 18.3. The standard InChI is InChI=1S/C28H36Cl3N5O2/c1-20-17-35(13-9-32-20)28(18-34-10-4-3-5-11-34)33-25-16-27(38-2)26(15-24(25)31)36(19-37)12-8-21-6-7-22(29)14-23(21)30/h6-7,14-16,18-20,32-33H,3-5,8-13,17H2,1-2H3/b28-18-/t20-/m0/s1. The molecule has 0 radical (unpaired) electrons. The van der Waals surface area contributed by atoms with E-state index in [0.29, 0.717) is 45.5 Å². The second-order valence-electron chi connectivity index (χ2n) is 9.83. The van der Waals surface area contributed by atoms with Gasteiger partial charge in [0, 0.05) is 67.6 Å². The summed E-state index contributed by atoms with van der Waals surface area (Å²) in [7, 11) is 1.60. The predicted octanol–water partition coefficient (Wildman–Crippen LogP) is 5.85. The number of likely N-dealkylation sites (tertiary alicyclic amines) is 1. The van der Waals surface area contributed by atoms with Gasteiger partial charge in [-0.3, -0.25) is 4.79 Å². The molecule has 2 aromatic carbocycles. The Morgan fingerprint density at radius 2 is 1.92 bits per heavy atom. The van der Waals surface area contributed by atoms with Gasteiger partial charge in [-0.05, 0) is 56.4 Å². The number of nitrogens with one attached hydrogen (secondary N) is 2. The Balaban J connectivity index is 1.57. The number of methoxy groups -OCH3 is 1. The molecule has 38 heavy (non-hydrogen) atoms. The van der Waals surface area contributed by atoms with Gasteiger partial charge in [0.2, 0.25) is 6.41 Å². The number of ether oxygens (including phenoxy) is 1. The zero-order valence-corrected chi connectivity index (χ0v) is 24.2. The van der Waals surface area contributed by atoms with E-state index in [4.69, 9.17) is 39.5 Å². The smallest absolute Gasteiger partial charge is 0.214 e. The molecule has 0 unspecified atom stereocenters. The third kappa shape index (κ3) is 7.41. The number of benzene rings is 2. The number of carbonyl (C=O) groups is 1. The van der Waals surface area contributed by atoms with Gasteiger partial charge in [-0.1, -0.05) is 40.9 Å². The number of rotatable bonds is 10. The van der Waals surface area contributed by atoms with Gasteiger partial charge >= 0.3 is 0 Å². The van der Waals surface area contributed by atoms with Crippen LogP contribution >= 0.6 is 34.8 Å². The minimum atomic E-state index is 0.387. The molecule has 10 heteroatoms. The van der Waals surface area contributed by atoms with Crippen molar-refractivity contribution in [3.8, 4) is 5.75 Å². The number of hydrogen-bond acceptors (Lipinski definition) is 6. The molecule has 0 aromatic heterocycles. The Kier molecular flexibility index (Phi) is 10.3. The lowest BCUT2D eigenvalue weighted by atomic mass is 10.1. The molecule has 1 atom stereocenters. The number of hydrogen-bond donors (Lipinski definition) is 2. The van der Waals surface area contributed by atoms with E-state index >= 15 is 0 Å². The van der Waals surface area contributed by atoms with Gasteiger partial charge < -0.3 is 30.1 Å². The molecule has 2 saturated heterocycles. The second kappa shape index (κ2) is 13.7. The van der Waals surface area contributed by atoms with Crippen LogP contribution in [-0.4, -0.2) is 68.6 Å². The van der Waals surface area contributed by atoms with Crippen LogP contribution in [0.25, 0.3) is 0 Å². The largest absolute Gasteiger partial charge is 0.494 e. The molecular formula is C28H36Cl3N5O2. The molecule has 7 nitrogen and oxygen atoms in total. The van der Waals surface area contributed by atoms with Crippen LogP contribution < -0.4 is 20.3 Å². The molecule has 2 fully saturated rings. The molecule has 2 N–H and O–H groups in total. The minimum absolute atomic E-state index is 0.387. The third-order valence-electron chi connectivity index (χ3n) is 7.01. The number of piperazine rings is 1. The van der Waals surface area contributed by atoms with Crippen LogP contribution in [0, 0.1) is 0 Å². The molecule has 2 aliphatic rings. The lowest BCUT2D eigenvalue weighted by Gasteiger charge is -2.37. The van der Waals surface area contributed by atoms with Gasteiger partial charge in [-0.15, -0.1) is 0 Å². The molecule has 0 aliphatic carbocycles. The van der Waals surface area contributed by atoms with Crippen molar-refractivity contribution in [3.63, 3.8) is 0 Å². The first kappa shape index (κ1) is 28.7. The van der Waals surface area contributed by atoms with Gasteiger partial charge in [0.05, 0.1) is 23.5 Å². The van der Waals surface area contributed by atoms with Crippen LogP contribution in [0.3, 0.4) is 0 Å². The van der Waals surface area contributed by atoms with Crippen molar-refractivity contribution in [2.24, 2.45) is 0 Å². The molecule has 4 rings (SSSR count). The highest BCUT2D eigenvalue weighted by Crippen LogP contribution is 2.38. The van der Waals surface area contributed by atoms with E-state index in [-0.39, 0.29) is 0 Å². The number of amides is 1. The van der Waals surface area contributed by atoms with Crippen molar-refractivity contribution in [2.75, 3.05) is 56.6 Å². The zero-order chi connectivity index (χ0) is 27.1. The Labute approximate surface area is 240 Å². The number of nitrogens with zero attached hydrogens (tertiary/aromatic N) is 3. The third-order valence-corrected chi connectivity index (χ3v) is 7.91. The topological polar surface area (TPSA) is 60.1 Å². The van der Waals surface area contributed by atoms with Crippen LogP contribution in [0.1, 0.15) is 31.7 Å². The van der Waals surface area contributed by atoms with Crippen LogP contribution in [0.15, 0.2) is 42.4 Å². The highest BCUT2D eigenvalue weighted by molar-refractivity contribution is 6.35. The van der Waals surface area contributed by atoms with E-state index in [0.717, 1.165) is 56.2 Å². The fraction of sp³-hybridized carbons (Fsp3) is 0.464. The monoisotopic (exact) mass is 579 g/mol. The number of piperidine rings is 1. The van der Waals surface area contributed by atoms with E-state index in [1.54, 1.807) is 30.2 Å². The van der Waals surface area contributed by atoms with Crippen molar-refractivity contribution in [2.45, 2.75) is 38.6 Å². The quantitative estimate of drug-likeness (QED) is 0.344. The average molecular weight is 581 g/mol. The van der Waals surface area contributed by atoms with Gasteiger partial charge in [-0.2, -0.15) is 0 Å². The first-order valence-electron chi connectivity index (χ1n) is 13.1. The Morgan fingerprint density at radius 3 is 2.61 bits per heavy atom. The van der Waals surface area contributed by atoms with Crippen LogP contribution in [-0.2, 0) is 11.2 Å². The lowest BCUT2D eigenvalue weighted by Crippen LogP contribution is -2.50. The second-order valence-corrected chi connectivity index (χ2v) is 11.1. The molecule has 1 amide bonds. The van der Waals surface area contributed by atoms with Gasteiger partial charge in [-0.25, -0.2) is 0 Å². The molecule has 0 bridgehead atoms. The Morgan fingerprint density at radius 1 is 1.13 bits per heavy atom. The van der Waals surface area contributed by atoms with E-state index in [1.165, 1.54) is 19.3 Å². The number of halogens is 3. The Bertz CT molecular complexity index is 1140. The molecule has 206 valence electrons. The minimum Gasteiger partial charge on any atom is -0.494 e. The molecule has 0 spiro atoms. The SMILES string of the molecule is COc1cc(N/C(=C/N2CCCCC2)N2CCN[C@@H](C)C2)c(Cl)cc1N(C=O)CCc1ccc(Cl)cc1Cl. The number of anilines is 2. The summed E-state index contributed by atoms with van der Waals surface area (Å²) >= 11 is 19.2. The van der Waals surface area contributed by atoms with Crippen molar-refractivity contribution in [3.05, 3.63) is 63.0 Å². The predicted molar refractivity (Wildman–Crippen MR) is 158 cm³/mol. The summed E-state index contributed by atoms with van der Waals surface area (Å²) in [5, 5.41) is 8.75. The van der Waals surface area contributed by atoms with Crippen molar-refractivity contribution < 1.29 is 9.53 Å². The van der Waals surface area contributed by atoms with E-state index in [2.05, 4.69) is 33.6 Å². The molecule has 2 aliphatic heterocycles. The summed E-state index contributed by atoms with van der Waals surface area (Å²) in [5.41, 5.74) is 2.23. The highest BCUT2D eigenvalue weighted by atomic mass is 35.5. The lowest BCUT2D eigenvalue weighted by molar-refractivity contribution is -0.107. The molecule has 2 heterocycles. The summed E-state index contributed by atoms with van der Waals surface area (Å²) in [6.07, 6.45) is 7.25. The van der Waals surface area contributed by atoms with Crippen LogP contribution in [0.5, 0.6) is 5.75 Å². The summed E-state index contributed by atoms with van der Waals surface area (Å²) in [6.45, 7) is 7.41. The maximum Gasteiger partial charge on any atom is 0.214 e. The maximum atomic E-state index is 12.1. The fourth-order valence-electron chi connectivity index (χ4n) is 4.92. The van der Waals surface area contributed by atoms with Gasteiger partial charge in [0.15, 0.2) is 0 Å². The molecule has 0 saturated carbocycles. The van der Waals surface area contributed by atoms with Gasteiger partial charge in [0.25, 0.3) is 0 Å². The van der Waals surface area contributed by atoms with Gasteiger partial charge in [0.1, 0.15) is 11.6 Å². The van der Waals surface area contributed by atoms with E-state index in [1.807, 2.05) is 12.1 Å². The fourth-order valence-corrected chi connectivity index (χ4v) is 5.63. The summed E-state index contributed by atoms with van der Waals surface area (Å²) in [6, 6.07) is 9.39.